The molecule has 0 saturated heterocycles. The number of hydrogen-bond donors (Lipinski definition) is 0. The first kappa shape index (κ1) is 73.8. The molecule has 548 valence electrons. The summed E-state index contributed by atoms with van der Waals surface area (Å²) in [6.07, 6.45) is 0. The van der Waals surface area contributed by atoms with Gasteiger partial charge in [-0.2, -0.15) is 0 Å². The van der Waals surface area contributed by atoms with Gasteiger partial charge >= 0.3 is 0 Å². The van der Waals surface area contributed by atoms with Crippen LogP contribution in [0, 0.1) is 96.9 Å². The standard InChI is InChI=1S/6C13H13NO.C13H13NS.2CH4/c2*1-8-9(2)14(3)12-10-6-4-5-7-11(10)15-13(8)12;2*1-8-9(2)15-13-10-6-4-5-7-11(10)14(3)12(8)13;1-8-9(2)15-13-12(8)10-6-4-5-7-11(10)14(13)3;1-8-9(2)14(3)13-12(8)10-6-4-5-7-11(10)15-13;1-8-9(2)15-13-12(8)10-6-4-5-7-11(10)14(13)3;;/h7*4-7H,1-3H3;2*1H4. The molecule has 21 rings (SSSR count). The molecule has 0 atom stereocenters. The third-order valence-corrected chi connectivity index (χ3v) is 24.0. The van der Waals surface area contributed by atoms with Crippen LogP contribution in [0.2, 0.25) is 0 Å². The van der Waals surface area contributed by atoms with Crippen molar-refractivity contribution in [3.63, 3.8) is 0 Å². The minimum Gasteiger partial charge on any atom is -0.459 e. The average Bonchev–Trinajstić information content (AvgIpc) is 1.65. The number of fused-ring (bicyclic) bond motifs is 21. The molecule has 21 aromatic rings. The molecule has 0 aliphatic rings. The van der Waals surface area contributed by atoms with Crippen molar-refractivity contribution in [2.45, 2.75) is 112 Å². The summed E-state index contributed by atoms with van der Waals surface area (Å²) in [5, 5.41) is 12.6. The van der Waals surface area contributed by atoms with Gasteiger partial charge in [0.05, 0.1) is 49.4 Å². The van der Waals surface area contributed by atoms with Crippen molar-refractivity contribution in [3.8, 4) is 0 Å². The van der Waals surface area contributed by atoms with Crippen molar-refractivity contribution in [1.29, 1.82) is 0 Å². The van der Waals surface area contributed by atoms with E-state index in [9.17, 15) is 0 Å². The van der Waals surface area contributed by atoms with Crippen LogP contribution in [-0.4, -0.2) is 32.0 Å². The van der Waals surface area contributed by atoms with Gasteiger partial charge < -0.3 is 58.5 Å². The fourth-order valence-corrected chi connectivity index (χ4v) is 16.8. The van der Waals surface area contributed by atoms with E-state index in [1.54, 1.807) is 0 Å². The lowest BCUT2D eigenvalue weighted by Crippen LogP contribution is -1.90. The zero-order valence-electron chi connectivity index (χ0n) is 64.2. The maximum Gasteiger partial charge on any atom is 0.208 e. The second-order valence-corrected chi connectivity index (χ2v) is 29.5. The number of nitrogens with zero attached hydrogens (tertiary/aromatic N) is 7. The Kier molecular flexibility index (Phi) is 19.6. The topological polar surface area (TPSA) is 113 Å². The van der Waals surface area contributed by atoms with Crippen molar-refractivity contribution >= 4 is 165 Å². The van der Waals surface area contributed by atoms with Gasteiger partial charge in [-0.1, -0.05) is 118 Å². The maximum absolute atomic E-state index is 5.86. The number of rotatable bonds is 0. The molecule has 0 bridgehead atoms. The third kappa shape index (κ3) is 11.8. The van der Waals surface area contributed by atoms with Crippen LogP contribution < -0.4 is 0 Å². The van der Waals surface area contributed by atoms with Gasteiger partial charge in [-0.25, -0.2) is 0 Å². The van der Waals surface area contributed by atoms with E-state index < -0.39 is 0 Å². The fourth-order valence-electron chi connectivity index (χ4n) is 15.7. The number of aryl methyl sites for hydroxylation is 18. The van der Waals surface area contributed by atoms with Gasteiger partial charge in [-0.3, -0.25) is 0 Å². The summed E-state index contributed by atoms with van der Waals surface area (Å²) in [6.45, 7) is 29.6. The second kappa shape index (κ2) is 28.4. The highest BCUT2D eigenvalue weighted by atomic mass is 32.1. The first-order valence-corrected chi connectivity index (χ1v) is 36.7. The van der Waals surface area contributed by atoms with Crippen molar-refractivity contribution < 1.29 is 26.5 Å². The predicted octanol–water partition coefficient (Wildman–Crippen LogP) is 26.5. The number of thiophene rings is 1. The Morgan fingerprint density at radius 3 is 1.04 bits per heavy atom. The second-order valence-electron chi connectivity index (χ2n) is 28.3. The Hall–Kier alpha value is -11.5. The Balaban J connectivity index is 0.000000110. The van der Waals surface area contributed by atoms with Crippen LogP contribution in [0.5, 0.6) is 0 Å². The molecule has 13 nitrogen and oxygen atoms in total. The molecule has 14 heteroatoms. The van der Waals surface area contributed by atoms with E-state index in [0.29, 0.717) is 0 Å². The zero-order valence-corrected chi connectivity index (χ0v) is 65.0. The van der Waals surface area contributed by atoms with Crippen LogP contribution in [0.15, 0.2) is 196 Å². The molecule has 0 radical (unpaired) electrons. The van der Waals surface area contributed by atoms with E-state index in [1.807, 2.05) is 82.6 Å². The molecule has 0 saturated carbocycles. The van der Waals surface area contributed by atoms with Crippen molar-refractivity contribution in [2.24, 2.45) is 49.3 Å². The van der Waals surface area contributed by atoms with Crippen LogP contribution in [0.3, 0.4) is 0 Å². The molecule has 14 aromatic heterocycles. The highest BCUT2D eigenvalue weighted by Gasteiger charge is 2.22. The van der Waals surface area contributed by atoms with Gasteiger partial charge in [-0.15, -0.1) is 11.3 Å². The summed E-state index contributed by atoms with van der Waals surface area (Å²) in [7, 11) is 14.6. The number of aromatic nitrogens is 7. The number of para-hydroxylation sites is 7. The third-order valence-electron chi connectivity index (χ3n) is 22.7. The lowest BCUT2D eigenvalue weighted by Gasteiger charge is -1.98. The van der Waals surface area contributed by atoms with Crippen molar-refractivity contribution in [2.75, 3.05) is 0 Å². The molecular weight excluding hydrogens is 1340 g/mol. The highest BCUT2D eigenvalue weighted by molar-refractivity contribution is 7.19. The van der Waals surface area contributed by atoms with Gasteiger partial charge in [0.2, 0.25) is 11.4 Å². The van der Waals surface area contributed by atoms with Gasteiger partial charge in [0, 0.05) is 148 Å². The van der Waals surface area contributed by atoms with Crippen molar-refractivity contribution in [3.05, 3.63) is 248 Å². The predicted molar refractivity (Wildman–Crippen MR) is 454 cm³/mol. The van der Waals surface area contributed by atoms with Gasteiger partial charge in [0.25, 0.3) is 0 Å². The summed E-state index contributed by atoms with van der Waals surface area (Å²) >= 11 is 1.89. The zero-order chi connectivity index (χ0) is 74.0. The van der Waals surface area contributed by atoms with Crippen LogP contribution in [-0.2, 0) is 49.3 Å². The smallest absolute Gasteiger partial charge is 0.208 e. The summed E-state index contributed by atoms with van der Waals surface area (Å²) in [5.74, 6) is 3.05. The van der Waals surface area contributed by atoms with E-state index in [0.717, 1.165) is 67.8 Å². The first-order valence-electron chi connectivity index (χ1n) is 35.9. The van der Waals surface area contributed by atoms with E-state index in [1.165, 1.54) is 164 Å². The Morgan fingerprint density at radius 1 is 0.243 bits per heavy atom. The molecular formula is C93H99N7O6S. The average molecular weight is 1440 g/mol. The van der Waals surface area contributed by atoms with Gasteiger partial charge in [0.1, 0.15) is 38.9 Å². The molecule has 0 fully saturated rings. The van der Waals surface area contributed by atoms with E-state index >= 15 is 0 Å². The Bertz CT molecular complexity index is 6390. The van der Waals surface area contributed by atoms with Gasteiger partial charge in [0.15, 0.2) is 22.3 Å². The molecule has 7 aromatic carbocycles. The molecule has 0 N–H and O–H groups in total. The van der Waals surface area contributed by atoms with E-state index in [2.05, 4.69) is 277 Å². The lowest BCUT2D eigenvalue weighted by molar-refractivity contribution is 0.551. The van der Waals surface area contributed by atoms with Crippen molar-refractivity contribution in [1.82, 2.24) is 32.0 Å². The van der Waals surface area contributed by atoms with Crippen LogP contribution >= 0.6 is 11.3 Å². The lowest BCUT2D eigenvalue weighted by atomic mass is 10.1. The summed E-state index contributed by atoms with van der Waals surface area (Å²) in [4.78, 5) is 2.83. The molecule has 0 aliphatic heterocycles. The SMILES string of the molecule is C.C.Cc1c(C)n(C)c2c1oc1ccccc12.Cc1c(C)n(C)c2c1oc1ccccc12.Cc1c(C)n(C)c2oc3ccccc3c12.Cc1oc2c(c1C)c1ccccc1n2C.Cc1oc2c3ccccc3n(C)c2c1C.Cc1oc2c3ccccc3n(C)c2c1C.Cc1sc2c(c1C)c1ccccc1n2C. The Morgan fingerprint density at radius 2 is 0.579 bits per heavy atom. The van der Waals surface area contributed by atoms with Crippen LogP contribution in [0.4, 0.5) is 0 Å². The molecule has 0 amide bonds. The minimum absolute atomic E-state index is 0. The largest absolute Gasteiger partial charge is 0.459 e. The van der Waals surface area contributed by atoms with Crippen LogP contribution in [0.25, 0.3) is 153 Å². The summed E-state index contributed by atoms with van der Waals surface area (Å²) in [6, 6.07) is 58.3. The van der Waals surface area contributed by atoms with E-state index in [-0.39, 0.29) is 14.9 Å². The maximum atomic E-state index is 5.86. The Labute approximate surface area is 628 Å². The number of benzene rings is 7. The normalized spacial score (nSPS) is 11.4. The number of hydrogen-bond acceptors (Lipinski definition) is 7. The monoisotopic (exact) mass is 1440 g/mol. The fraction of sp³-hybridized carbons (Fsp3) is 0.247. The molecule has 14 heterocycles. The summed E-state index contributed by atoms with van der Waals surface area (Å²) in [5.41, 5.74) is 31.6. The minimum atomic E-state index is 0. The number of furan rings is 6. The summed E-state index contributed by atoms with van der Waals surface area (Å²) < 4.78 is 50.3. The molecule has 0 spiro atoms. The molecule has 107 heavy (non-hydrogen) atoms. The quantitative estimate of drug-likeness (QED) is 0.149. The molecule has 0 aliphatic carbocycles. The van der Waals surface area contributed by atoms with Crippen LogP contribution in [0.1, 0.15) is 93.0 Å². The van der Waals surface area contributed by atoms with Gasteiger partial charge in [-0.05, 0) is 175 Å². The van der Waals surface area contributed by atoms with E-state index in [4.69, 9.17) is 26.5 Å². The highest BCUT2D eigenvalue weighted by Crippen LogP contribution is 2.41. The first-order chi connectivity index (χ1) is 50.4. The molecule has 0 unspecified atom stereocenters.